The van der Waals surface area contributed by atoms with Crippen LogP contribution in [0.15, 0.2) is 0 Å². The Hall–Kier alpha value is -0.160. The maximum absolute atomic E-state index is 9.88. The van der Waals surface area contributed by atoms with Gasteiger partial charge in [-0.2, -0.15) is 0 Å². The summed E-state index contributed by atoms with van der Waals surface area (Å²) >= 11 is 0. The number of aliphatic hydroxyl groups is 2. The zero-order valence-corrected chi connectivity index (χ0v) is 13.2. The molecule has 0 aromatic carbocycles. The Morgan fingerprint density at radius 2 is 1.74 bits per heavy atom. The van der Waals surface area contributed by atoms with E-state index < -0.39 is 6.10 Å². The molecule has 3 N–H and O–H groups in total. The maximum atomic E-state index is 9.88. The van der Waals surface area contributed by atoms with Gasteiger partial charge in [-0.3, -0.25) is 0 Å². The summed E-state index contributed by atoms with van der Waals surface area (Å²) in [6, 6.07) is 0.243. The highest BCUT2D eigenvalue weighted by Gasteiger charge is 2.15. The minimum Gasteiger partial charge on any atom is -0.396 e. The first kappa shape index (κ1) is 18.8. The molecule has 4 heteroatoms. The summed E-state index contributed by atoms with van der Waals surface area (Å²) in [6.45, 7) is 11.7. The van der Waals surface area contributed by atoms with Crippen molar-refractivity contribution in [3.05, 3.63) is 0 Å². The summed E-state index contributed by atoms with van der Waals surface area (Å²) < 4.78 is 5.63. The largest absolute Gasteiger partial charge is 0.396 e. The van der Waals surface area contributed by atoms with Crippen molar-refractivity contribution >= 4 is 0 Å². The van der Waals surface area contributed by atoms with E-state index in [9.17, 15) is 5.11 Å². The van der Waals surface area contributed by atoms with E-state index in [0.717, 1.165) is 12.8 Å². The molecule has 0 saturated heterocycles. The fourth-order valence-electron chi connectivity index (χ4n) is 2.16. The molecular formula is C15H33NO3. The van der Waals surface area contributed by atoms with Gasteiger partial charge in [0.25, 0.3) is 0 Å². The van der Waals surface area contributed by atoms with E-state index in [-0.39, 0.29) is 18.8 Å². The van der Waals surface area contributed by atoms with Gasteiger partial charge in [-0.1, -0.05) is 27.7 Å². The Labute approximate surface area is 118 Å². The van der Waals surface area contributed by atoms with E-state index in [2.05, 4.69) is 33.0 Å². The van der Waals surface area contributed by atoms with Crippen LogP contribution >= 0.6 is 0 Å². The molecule has 0 spiro atoms. The van der Waals surface area contributed by atoms with Crippen molar-refractivity contribution in [1.29, 1.82) is 0 Å². The number of hydrogen-bond acceptors (Lipinski definition) is 4. The number of hydrogen-bond donors (Lipinski definition) is 3. The second-order valence-corrected chi connectivity index (χ2v) is 6.20. The second-order valence-electron chi connectivity index (χ2n) is 6.20. The molecule has 0 aliphatic heterocycles. The Bertz CT molecular complexity index is 210. The van der Waals surface area contributed by atoms with Crippen molar-refractivity contribution in [2.75, 3.05) is 19.8 Å². The van der Waals surface area contributed by atoms with E-state index in [1.807, 2.05) is 6.92 Å². The maximum Gasteiger partial charge on any atom is 0.0897 e. The predicted molar refractivity (Wildman–Crippen MR) is 79.2 cm³/mol. The van der Waals surface area contributed by atoms with Crippen LogP contribution in [-0.4, -0.2) is 48.2 Å². The predicted octanol–water partition coefficient (Wildman–Crippen LogP) is 1.80. The third-order valence-electron chi connectivity index (χ3n) is 3.24. The van der Waals surface area contributed by atoms with Crippen molar-refractivity contribution in [2.45, 2.75) is 65.7 Å². The van der Waals surface area contributed by atoms with E-state index in [0.29, 0.717) is 25.0 Å². The molecule has 4 nitrogen and oxygen atoms in total. The third kappa shape index (κ3) is 10.3. The minimum absolute atomic E-state index is 0.174. The fourth-order valence-corrected chi connectivity index (χ4v) is 2.16. The summed E-state index contributed by atoms with van der Waals surface area (Å²) in [6.07, 6.45) is 1.43. The summed E-state index contributed by atoms with van der Waals surface area (Å²) in [7, 11) is 0. The van der Waals surface area contributed by atoms with Crippen LogP contribution in [0.4, 0.5) is 0 Å². The van der Waals surface area contributed by atoms with Gasteiger partial charge in [0.15, 0.2) is 0 Å². The lowest BCUT2D eigenvalue weighted by atomic mass is 10.0. The van der Waals surface area contributed by atoms with Crippen LogP contribution in [0.2, 0.25) is 0 Å². The average molecular weight is 275 g/mol. The summed E-state index contributed by atoms with van der Waals surface area (Å²) in [5.41, 5.74) is 0. The van der Waals surface area contributed by atoms with Gasteiger partial charge in [-0.25, -0.2) is 0 Å². The molecule has 0 heterocycles. The van der Waals surface area contributed by atoms with Gasteiger partial charge in [-0.15, -0.1) is 0 Å². The van der Waals surface area contributed by atoms with Gasteiger partial charge >= 0.3 is 0 Å². The molecule has 0 fully saturated rings. The zero-order valence-electron chi connectivity index (χ0n) is 13.2. The molecule has 0 radical (unpaired) electrons. The van der Waals surface area contributed by atoms with E-state index in [1.54, 1.807) is 0 Å². The van der Waals surface area contributed by atoms with Crippen molar-refractivity contribution in [2.24, 2.45) is 11.8 Å². The first-order valence-electron chi connectivity index (χ1n) is 7.50. The van der Waals surface area contributed by atoms with Crippen LogP contribution < -0.4 is 5.32 Å². The van der Waals surface area contributed by atoms with Crippen LogP contribution in [-0.2, 0) is 4.74 Å². The van der Waals surface area contributed by atoms with Crippen LogP contribution in [0.25, 0.3) is 0 Å². The molecule has 0 aliphatic carbocycles. The van der Waals surface area contributed by atoms with Gasteiger partial charge in [0.2, 0.25) is 0 Å². The van der Waals surface area contributed by atoms with Crippen LogP contribution in [0, 0.1) is 11.8 Å². The number of ether oxygens (including phenoxy) is 1. The van der Waals surface area contributed by atoms with Crippen LogP contribution in [0.5, 0.6) is 0 Å². The molecule has 116 valence electrons. The highest BCUT2D eigenvalue weighted by Crippen LogP contribution is 2.08. The topological polar surface area (TPSA) is 61.7 Å². The van der Waals surface area contributed by atoms with E-state index in [4.69, 9.17) is 9.84 Å². The third-order valence-corrected chi connectivity index (χ3v) is 3.24. The molecule has 0 bridgehead atoms. The second kappa shape index (κ2) is 10.6. The van der Waals surface area contributed by atoms with Gasteiger partial charge in [0.1, 0.15) is 0 Å². The number of nitrogens with one attached hydrogen (secondary N) is 1. The lowest BCUT2D eigenvalue weighted by Gasteiger charge is -2.24. The summed E-state index contributed by atoms with van der Waals surface area (Å²) in [5.74, 6) is 1.06. The lowest BCUT2D eigenvalue weighted by Crippen LogP contribution is -2.41. The van der Waals surface area contributed by atoms with Gasteiger partial charge in [0, 0.05) is 19.2 Å². The SMILES string of the molecule is CC(C)CC(C)OCC(O)CNC(CCO)C(C)C. The molecule has 0 aliphatic rings. The van der Waals surface area contributed by atoms with E-state index >= 15 is 0 Å². The molecule has 3 atom stereocenters. The Balaban J connectivity index is 3.81. The normalized spacial score (nSPS) is 16.9. The molecule has 19 heavy (non-hydrogen) atoms. The number of aliphatic hydroxyl groups excluding tert-OH is 2. The number of rotatable bonds is 11. The molecule has 0 aromatic heterocycles. The average Bonchev–Trinajstić information content (AvgIpc) is 2.30. The quantitative estimate of drug-likeness (QED) is 0.538. The first-order chi connectivity index (χ1) is 8.86. The molecule has 0 aromatic rings. The zero-order chi connectivity index (χ0) is 14.8. The van der Waals surface area contributed by atoms with Crippen molar-refractivity contribution in [3.8, 4) is 0 Å². The first-order valence-corrected chi connectivity index (χ1v) is 7.50. The Kier molecular flexibility index (Phi) is 10.5. The van der Waals surface area contributed by atoms with E-state index in [1.165, 1.54) is 0 Å². The Morgan fingerprint density at radius 3 is 2.21 bits per heavy atom. The van der Waals surface area contributed by atoms with Gasteiger partial charge < -0.3 is 20.3 Å². The fraction of sp³-hybridized carbons (Fsp3) is 1.00. The van der Waals surface area contributed by atoms with Crippen molar-refractivity contribution in [1.82, 2.24) is 5.32 Å². The molecular weight excluding hydrogens is 242 g/mol. The standard InChI is InChI=1S/C15H33NO3/c1-11(2)8-13(5)19-10-14(18)9-16-15(6-7-17)12(3)4/h11-18H,6-10H2,1-5H3. The van der Waals surface area contributed by atoms with Crippen molar-refractivity contribution < 1.29 is 14.9 Å². The molecule has 0 saturated carbocycles. The Morgan fingerprint density at radius 1 is 1.11 bits per heavy atom. The minimum atomic E-state index is -0.491. The lowest BCUT2D eigenvalue weighted by molar-refractivity contribution is -0.00993. The highest BCUT2D eigenvalue weighted by atomic mass is 16.5. The van der Waals surface area contributed by atoms with Gasteiger partial charge in [-0.05, 0) is 31.6 Å². The highest BCUT2D eigenvalue weighted by molar-refractivity contribution is 4.72. The smallest absolute Gasteiger partial charge is 0.0897 e. The molecule has 3 unspecified atom stereocenters. The van der Waals surface area contributed by atoms with Crippen LogP contribution in [0.3, 0.4) is 0 Å². The molecule has 0 rings (SSSR count). The van der Waals surface area contributed by atoms with Crippen LogP contribution in [0.1, 0.15) is 47.5 Å². The molecule has 0 amide bonds. The summed E-state index contributed by atoms with van der Waals surface area (Å²) in [4.78, 5) is 0. The summed E-state index contributed by atoms with van der Waals surface area (Å²) in [5, 5.41) is 22.2. The monoisotopic (exact) mass is 275 g/mol. The van der Waals surface area contributed by atoms with Crippen molar-refractivity contribution in [3.63, 3.8) is 0 Å². The van der Waals surface area contributed by atoms with Gasteiger partial charge in [0.05, 0.1) is 18.8 Å².